The molecule has 0 saturated heterocycles. The molecule has 2 aromatic rings. The van der Waals surface area contributed by atoms with Gasteiger partial charge in [0.15, 0.2) is 0 Å². The molecular weight excluding hydrogens is 257 g/mol. The molecule has 0 spiro atoms. The molecule has 1 heterocycles. The second-order valence-corrected chi connectivity index (χ2v) is 4.38. The first-order chi connectivity index (χ1) is 8.61. The van der Waals surface area contributed by atoms with Crippen LogP contribution in [0.1, 0.15) is 31.7 Å². The van der Waals surface area contributed by atoms with Crippen molar-refractivity contribution in [2.75, 3.05) is 0 Å². The van der Waals surface area contributed by atoms with Crippen LogP contribution < -0.4 is 5.73 Å². The fourth-order valence-electron chi connectivity index (χ4n) is 1.60. The maximum Gasteiger partial charge on any atom is 0.243 e. The van der Waals surface area contributed by atoms with E-state index in [1.807, 2.05) is 6.92 Å². The summed E-state index contributed by atoms with van der Waals surface area (Å²) in [5, 5.41) is 4.05. The molecule has 0 bridgehead atoms. The minimum atomic E-state index is -0.407. The Hall–Kier alpha value is -1.46. The van der Waals surface area contributed by atoms with Crippen molar-refractivity contribution in [2.24, 2.45) is 5.73 Å². The lowest BCUT2D eigenvalue weighted by molar-refractivity contribution is 0.348. The van der Waals surface area contributed by atoms with E-state index in [2.05, 4.69) is 10.1 Å². The number of benzene rings is 1. The van der Waals surface area contributed by atoms with Gasteiger partial charge in [-0.05, 0) is 24.6 Å². The number of rotatable bonds is 4. The molecule has 0 amide bonds. The van der Waals surface area contributed by atoms with Gasteiger partial charge in [0.25, 0.3) is 0 Å². The van der Waals surface area contributed by atoms with E-state index >= 15 is 0 Å². The summed E-state index contributed by atoms with van der Waals surface area (Å²) in [6, 6.07) is 3.73. The number of nitrogens with zero attached hydrogens (tertiary/aromatic N) is 2. The smallest absolute Gasteiger partial charge is 0.243 e. The van der Waals surface area contributed by atoms with Gasteiger partial charge in [-0.15, -0.1) is 0 Å². The second kappa shape index (κ2) is 5.46. The lowest BCUT2D eigenvalue weighted by atomic mass is 10.2. The summed E-state index contributed by atoms with van der Waals surface area (Å²) in [5.74, 6) is 0.281. The van der Waals surface area contributed by atoms with E-state index in [-0.39, 0.29) is 11.1 Å². The first-order valence-corrected chi connectivity index (χ1v) is 6.04. The molecule has 0 aliphatic heterocycles. The predicted molar refractivity (Wildman–Crippen MR) is 66.5 cm³/mol. The number of hydrogen-bond acceptors (Lipinski definition) is 4. The first-order valence-electron chi connectivity index (χ1n) is 5.66. The number of aromatic nitrogens is 2. The molecule has 1 aromatic carbocycles. The van der Waals surface area contributed by atoms with Crippen molar-refractivity contribution in [1.29, 1.82) is 0 Å². The Morgan fingerprint density at radius 2 is 2.28 bits per heavy atom. The van der Waals surface area contributed by atoms with E-state index in [4.69, 9.17) is 21.9 Å². The Morgan fingerprint density at radius 1 is 1.50 bits per heavy atom. The molecule has 18 heavy (non-hydrogen) atoms. The number of halogens is 2. The quantitative estimate of drug-likeness (QED) is 0.925. The van der Waals surface area contributed by atoms with E-state index in [1.54, 1.807) is 0 Å². The summed E-state index contributed by atoms with van der Waals surface area (Å²) in [5.41, 5.74) is 6.39. The van der Waals surface area contributed by atoms with Crippen LogP contribution in [0, 0.1) is 5.82 Å². The zero-order chi connectivity index (χ0) is 13.1. The van der Waals surface area contributed by atoms with E-state index in [1.165, 1.54) is 18.2 Å². The summed E-state index contributed by atoms with van der Waals surface area (Å²) in [7, 11) is 0. The number of hydrogen-bond donors (Lipinski definition) is 1. The average Bonchev–Trinajstić information content (AvgIpc) is 2.78. The third-order valence-electron chi connectivity index (χ3n) is 2.53. The molecule has 0 unspecified atom stereocenters. The Morgan fingerprint density at radius 3 is 2.94 bits per heavy atom. The molecule has 4 nitrogen and oxygen atoms in total. The normalized spacial score (nSPS) is 12.7. The lowest BCUT2D eigenvalue weighted by Crippen LogP contribution is -2.09. The van der Waals surface area contributed by atoms with Crippen molar-refractivity contribution in [3.63, 3.8) is 0 Å². The van der Waals surface area contributed by atoms with Crippen LogP contribution in [0.4, 0.5) is 4.39 Å². The summed E-state index contributed by atoms with van der Waals surface area (Å²) < 4.78 is 18.0. The van der Waals surface area contributed by atoms with Gasteiger partial charge >= 0.3 is 0 Å². The van der Waals surface area contributed by atoms with Gasteiger partial charge in [0, 0.05) is 5.56 Å². The first kappa shape index (κ1) is 13.0. The molecule has 0 saturated carbocycles. The van der Waals surface area contributed by atoms with Crippen LogP contribution in [0.3, 0.4) is 0 Å². The molecule has 96 valence electrons. The third-order valence-corrected chi connectivity index (χ3v) is 2.84. The molecule has 6 heteroatoms. The van der Waals surface area contributed by atoms with Gasteiger partial charge in [-0.25, -0.2) is 4.39 Å². The van der Waals surface area contributed by atoms with Crippen molar-refractivity contribution >= 4 is 11.6 Å². The van der Waals surface area contributed by atoms with Gasteiger partial charge in [-0.3, -0.25) is 0 Å². The van der Waals surface area contributed by atoms with Crippen molar-refractivity contribution in [1.82, 2.24) is 10.1 Å². The van der Waals surface area contributed by atoms with Crippen LogP contribution in [0.2, 0.25) is 5.02 Å². The molecular formula is C12H13ClFN3O. The second-order valence-electron chi connectivity index (χ2n) is 3.98. The van der Waals surface area contributed by atoms with Crippen LogP contribution in [0.5, 0.6) is 0 Å². The summed E-state index contributed by atoms with van der Waals surface area (Å²) in [6.07, 6.45) is 1.69. The fourth-order valence-corrected chi connectivity index (χ4v) is 1.85. The van der Waals surface area contributed by atoms with E-state index in [9.17, 15) is 4.39 Å². The lowest BCUT2D eigenvalue weighted by Gasteiger charge is -2.02. The van der Waals surface area contributed by atoms with Crippen LogP contribution >= 0.6 is 11.6 Å². The van der Waals surface area contributed by atoms with Crippen molar-refractivity contribution in [3.05, 3.63) is 34.9 Å². The maximum absolute atomic E-state index is 12.9. The van der Waals surface area contributed by atoms with Gasteiger partial charge < -0.3 is 10.3 Å². The van der Waals surface area contributed by atoms with Crippen LogP contribution in [-0.4, -0.2) is 10.1 Å². The Kier molecular flexibility index (Phi) is 3.93. The fraction of sp³-hybridized carbons (Fsp3) is 0.333. The largest absolute Gasteiger partial charge is 0.337 e. The molecule has 2 rings (SSSR count). The third kappa shape index (κ3) is 2.68. The highest BCUT2D eigenvalue weighted by molar-refractivity contribution is 6.33. The standard InChI is InChI=1S/C12H13ClFN3O/c1-2-3-10(15)12-16-11(17-18-12)8-5-4-7(14)6-9(8)13/h4-6,10H,2-3,15H2,1H3/t10-/m1/s1. The van der Waals surface area contributed by atoms with Crippen LogP contribution in [0.15, 0.2) is 22.7 Å². The van der Waals surface area contributed by atoms with Crippen LogP contribution in [0.25, 0.3) is 11.4 Å². The van der Waals surface area contributed by atoms with Gasteiger partial charge in [0.2, 0.25) is 11.7 Å². The maximum atomic E-state index is 12.9. The van der Waals surface area contributed by atoms with E-state index < -0.39 is 5.82 Å². The Balaban J connectivity index is 2.29. The SMILES string of the molecule is CCC[C@@H](N)c1nc(-c2ccc(F)cc2Cl)no1. The molecule has 0 radical (unpaired) electrons. The van der Waals surface area contributed by atoms with Gasteiger partial charge in [0.1, 0.15) is 5.82 Å². The topological polar surface area (TPSA) is 64.9 Å². The molecule has 1 atom stereocenters. The highest BCUT2D eigenvalue weighted by atomic mass is 35.5. The summed E-state index contributed by atoms with van der Waals surface area (Å²) in [6.45, 7) is 2.02. The monoisotopic (exact) mass is 269 g/mol. The van der Waals surface area contributed by atoms with Gasteiger partial charge in [0.05, 0.1) is 11.1 Å². The van der Waals surface area contributed by atoms with Gasteiger partial charge in [-0.1, -0.05) is 30.1 Å². The molecule has 0 aliphatic carbocycles. The van der Waals surface area contributed by atoms with Crippen LogP contribution in [-0.2, 0) is 0 Å². The van der Waals surface area contributed by atoms with Crippen molar-refractivity contribution < 1.29 is 8.91 Å². The zero-order valence-electron chi connectivity index (χ0n) is 9.86. The molecule has 2 N–H and O–H groups in total. The molecule has 0 fully saturated rings. The number of nitrogens with two attached hydrogens (primary N) is 1. The molecule has 1 aromatic heterocycles. The summed E-state index contributed by atoms with van der Waals surface area (Å²) >= 11 is 5.92. The zero-order valence-corrected chi connectivity index (χ0v) is 10.6. The summed E-state index contributed by atoms with van der Waals surface area (Å²) in [4.78, 5) is 4.18. The minimum Gasteiger partial charge on any atom is -0.337 e. The Labute approximate surface area is 109 Å². The van der Waals surface area contributed by atoms with Crippen molar-refractivity contribution in [3.8, 4) is 11.4 Å². The van der Waals surface area contributed by atoms with Gasteiger partial charge in [-0.2, -0.15) is 4.98 Å². The molecule has 0 aliphatic rings. The Bertz CT molecular complexity index is 544. The highest BCUT2D eigenvalue weighted by Gasteiger charge is 2.16. The van der Waals surface area contributed by atoms with E-state index in [0.717, 1.165) is 12.8 Å². The minimum absolute atomic E-state index is 0.242. The average molecular weight is 270 g/mol. The van der Waals surface area contributed by atoms with E-state index in [0.29, 0.717) is 17.3 Å². The highest BCUT2D eigenvalue weighted by Crippen LogP contribution is 2.27. The predicted octanol–water partition coefficient (Wildman–Crippen LogP) is 3.33. The van der Waals surface area contributed by atoms with Crippen molar-refractivity contribution in [2.45, 2.75) is 25.8 Å².